The molecule has 0 saturated heterocycles. The fourth-order valence-electron chi connectivity index (χ4n) is 3.40. The van der Waals surface area contributed by atoms with Crippen LogP contribution in [0.1, 0.15) is 28.4 Å². The van der Waals surface area contributed by atoms with Gasteiger partial charge in [0.2, 0.25) is 5.91 Å². The number of carboxylic acid groups (broad SMARTS) is 1. The Labute approximate surface area is 149 Å². The highest BCUT2D eigenvalue weighted by atomic mass is 16.4. The van der Waals surface area contributed by atoms with E-state index in [1.54, 1.807) is 55.5 Å². The maximum atomic E-state index is 13.3. The molecule has 1 unspecified atom stereocenters. The first-order valence-corrected chi connectivity index (χ1v) is 8.10. The van der Waals surface area contributed by atoms with Crippen molar-refractivity contribution in [2.24, 2.45) is 5.92 Å². The first-order valence-electron chi connectivity index (χ1n) is 8.10. The van der Waals surface area contributed by atoms with Crippen LogP contribution in [0.3, 0.4) is 0 Å². The lowest BCUT2D eigenvalue weighted by Gasteiger charge is -2.37. The van der Waals surface area contributed by atoms with Gasteiger partial charge in [0.1, 0.15) is 6.54 Å². The molecule has 6 nitrogen and oxygen atoms in total. The average molecular weight is 351 g/mol. The predicted molar refractivity (Wildman–Crippen MR) is 92.8 cm³/mol. The van der Waals surface area contributed by atoms with Crippen LogP contribution in [0.25, 0.3) is 0 Å². The molecule has 6 heteroatoms. The smallest absolute Gasteiger partial charge is 0.322 e. The van der Waals surface area contributed by atoms with Crippen LogP contribution in [0.5, 0.6) is 0 Å². The molecule has 2 atom stereocenters. The molecule has 132 valence electrons. The minimum absolute atomic E-state index is 0.300. The molecule has 2 aromatic rings. The minimum atomic E-state index is -1.57. The van der Waals surface area contributed by atoms with E-state index in [0.717, 1.165) is 0 Å². The van der Waals surface area contributed by atoms with Crippen molar-refractivity contribution < 1.29 is 24.3 Å². The largest absolute Gasteiger partial charge is 0.480 e. The summed E-state index contributed by atoms with van der Waals surface area (Å²) in [5, 5.41) is 10.9. The van der Waals surface area contributed by atoms with Crippen LogP contribution >= 0.6 is 0 Å². The van der Waals surface area contributed by atoms with Crippen molar-refractivity contribution >= 4 is 23.4 Å². The zero-order valence-corrected chi connectivity index (χ0v) is 14.1. The van der Waals surface area contributed by atoms with Gasteiger partial charge in [0, 0.05) is 5.56 Å². The molecule has 0 fully saturated rings. The Hall–Kier alpha value is -3.28. The van der Waals surface area contributed by atoms with Gasteiger partial charge in [-0.25, -0.2) is 0 Å². The standard InChI is InChI=1S/C20H17NO5/c1-20(12-7-3-2-4-8-12)14-10-6-5-9-13(14)17(24)16(18(20)25)19(26)21-11-15(22)23/h2-10,16H,11H2,1H3,(H,21,26)(H,22,23)/t16?,20-/m1/s1. The molecule has 0 aliphatic heterocycles. The zero-order valence-electron chi connectivity index (χ0n) is 14.1. The summed E-state index contributed by atoms with van der Waals surface area (Å²) in [4.78, 5) is 49.2. The van der Waals surface area contributed by atoms with Crippen LogP contribution in [0.2, 0.25) is 0 Å². The van der Waals surface area contributed by atoms with Crippen molar-refractivity contribution in [3.63, 3.8) is 0 Å². The van der Waals surface area contributed by atoms with Crippen LogP contribution in [-0.2, 0) is 19.8 Å². The van der Waals surface area contributed by atoms with E-state index in [1.807, 2.05) is 6.07 Å². The van der Waals surface area contributed by atoms with E-state index in [9.17, 15) is 19.2 Å². The molecular formula is C20H17NO5. The van der Waals surface area contributed by atoms with Crippen molar-refractivity contribution in [3.05, 3.63) is 71.3 Å². The highest BCUT2D eigenvalue weighted by Gasteiger charge is 2.52. The van der Waals surface area contributed by atoms with Gasteiger partial charge in [-0.3, -0.25) is 19.2 Å². The predicted octanol–water partition coefficient (Wildman–Crippen LogP) is 1.57. The third-order valence-electron chi connectivity index (χ3n) is 4.78. The summed E-state index contributed by atoms with van der Waals surface area (Å²) in [7, 11) is 0. The molecule has 2 N–H and O–H groups in total. The molecule has 0 aromatic heterocycles. The number of benzene rings is 2. The van der Waals surface area contributed by atoms with Gasteiger partial charge in [-0.15, -0.1) is 0 Å². The number of fused-ring (bicyclic) bond motifs is 1. The minimum Gasteiger partial charge on any atom is -0.480 e. The Morgan fingerprint density at radius 3 is 2.31 bits per heavy atom. The van der Waals surface area contributed by atoms with E-state index >= 15 is 0 Å². The number of carboxylic acids is 1. The number of nitrogens with one attached hydrogen (secondary N) is 1. The fourth-order valence-corrected chi connectivity index (χ4v) is 3.40. The normalized spacial score (nSPS) is 21.8. The zero-order chi connectivity index (χ0) is 18.9. The second-order valence-corrected chi connectivity index (χ2v) is 6.31. The summed E-state index contributed by atoms with van der Waals surface area (Å²) in [5.41, 5.74) is 0.329. The Morgan fingerprint density at radius 1 is 1.04 bits per heavy atom. The summed E-state index contributed by atoms with van der Waals surface area (Å²) < 4.78 is 0. The van der Waals surface area contributed by atoms with E-state index in [4.69, 9.17) is 5.11 Å². The number of carbonyl (C=O) groups is 4. The molecule has 2 aromatic carbocycles. The fraction of sp³-hybridized carbons (Fsp3) is 0.200. The molecular weight excluding hydrogens is 334 g/mol. The SMILES string of the molecule is C[C@]1(c2ccccc2)C(=O)C(C(=O)NCC(=O)O)C(=O)c2ccccc21. The number of rotatable bonds is 4. The monoisotopic (exact) mass is 351 g/mol. The Balaban J connectivity index is 2.15. The number of hydrogen-bond donors (Lipinski definition) is 2. The van der Waals surface area contributed by atoms with Crippen molar-refractivity contribution in [1.82, 2.24) is 5.32 Å². The van der Waals surface area contributed by atoms with E-state index in [-0.39, 0.29) is 0 Å². The van der Waals surface area contributed by atoms with Gasteiger partial charge in [-0.05, 0) is 18.1 Å². The summed E-state index contributed by atoms with van der Waals surface area (Å²) in [5.74, 6) is -4.88. The number of hydrogen-bond acceptors (Lipinski definition) is 4. The molecule has 0 radical (unpaired) electrons. The Bertz CT molecular complexity index is 905. The van der Waals surface area contributed by atoms with Gasteiger partial charge in [-0.2, -0.15) is 0 Å². The highest BCUT2D eigenvalue weighted by molar-refractivity contribution is 6.29. The summed E-state index contributed by atoms with van der Waals surface area (Å²) in [6, 6.07) is 15.6. The molecule has 0 bridgehead atoms. The van der Waals surface area contributed by atoms with Gasteiger partial charge in [0.15, 0.2) is 17.5 Å². The third kappa shape index (κ3) is 2.69. The van der Waals surface area contributed by atoms with Crippen LogP contribution in [0, 0.1) is 5.92 Å². The quantitative estimate of drug-likeness (QED) is 0.815. The molecule has 0 spiro atoms. The highest BCUT2D eigenvalue weighted by Crippen LogP contribution is 2.42. The number of ketones is 2. The molecule has 1 aliphatic rings. The molecule has 3 rings (SSSR count). The second-order valence-electron chi connectivity index (χ2n) is 6.31. The number of amides is 1. The van der Waals surface area contributed by atoms with Crippen molar-refractivity contribution in [1.29, 1.82) is 0 Å². The van der Waals surface area contributed by atoms with Crippen molar-refractivity contribution in [2.75, 3.05) is 6.54 Å². The number of Topliss-reactive ketones (excluding diaryl/α,β-unsaturated/α-hetero) is 2. The lowest BCUT2D eigenvalue weighted by molar-refractivity contribution is -0.140. The lowest BCUT2D eigenvalue weighted by Crippen LogP contribution is -2.53. The third-order valence-corrected chi connectivity index (χ3v) is 4.78. The van der Waals surface area contributed by atoms with Gasteiger partial charge < -0.3 is 10.4 Å². The number of carbonyl (C=O) groups excluding carboxylic acids is 3. The van der Waals surface area contributed by atoms with Crippen molar-refractivity contribution in [3.8, 4) is 0 Å². The topological polar surface area (TPSA) is 101 Å². The van der Waals surface area contributed by atoms with Crippen LogP contribution in [-0.4, -0.2) is 35.1 Å². The van der Waals surface area contributed by atoms with Gasteiger partial charge in [0.25, 0.3) is 0 Å². The van der Waals surface area contributed by atoms with Crippen molar-refractivity contribution in [2.45, 2.75) is 12.3 Å². The van der Waals surface area contributed by atoms with E-state index in [2.05, 4.69) is 5.32 Å². The maximum absolute atomic E-state index is 13.3. The molecule has 0 heterocycles. The van der Waals surface area contributed by atoms with Gasteiger partial charge in [-0.1, -0.05) is 54.6 Å². The Kier molecular flexibility index (Phi) is 4.42. The molecule has 26 heavy (non-hydrogen) atoms. The average Bonchev–Trinajstić information content (AvgIpc) is 2.65. The second kappa shape index (κ2) is 6.55. The summed E-state index contributed by atoms with van der Waals surface area (Å²) >= 11 is 0. The first-order chi connectivity index (χ1) is 12.4. The van der Waals surface area contributed by atoms with Crippen LogP contribution < -0.4 is 5.32 Å². The van der Waals surface area contributed by atoms with E-state index in [1.165, 1.54) is 0 Å². The van der Waals surface area contributed by atoms with E-state index < -0.39 is 41.3 Å². The summed E-state index contributed by atoms with van der Waals surface area (Å²) in [6.07, 6.45) is 0. The first kappa shape index (κ1) is 17.5. The molecule has 1 amide bonds. The van der Waals surface area contributed by atoms with E-state index in [0.29, 0.717) is 16.7 Å². The molecule has 0 saturated carbocycles. The lowest BCUT2D eigenvalue weighted by atomic mass is 9.62. The van der Waals surface area contributed by atoms with Gasteiger partial charge in [0.05, 0.1) is 5.41 Å². The van der Waals surface area contributed by atoms with Crippen LogP contribution in [0.15, 0.2) is 54.6 Å². The Morgan fingerprint density at radius 2 is 1.65 bits per heavy atom. The number of aliphatic carboxylic acids is 1. The summed E-state index contributed by atoms with van der Waals surface area (Å²) in [6.45, 7) is 1.03. The maximum Gasteiger partial charge on any atom is 0.322 e. The van der Waals surface area contributed by atoms with Crippen LogP contribution in [0.4, 0.5) is 0 Å². The van der Waals surface area contributed by atoms with Gasteiger partial charge >= 0.3 is 5.97 Å². The molecule has 1 aliphatic carbocycles.